The molecule has 0 saturated heterocycles. The van der Waals surface area contributed by atoms with E-state index in [4.69, 9.17) is 19.9 Å². The van der Waals surface area contributed by atoms with Gasteiger partial charge >= 0.3 is 0 Å². The molecule has 0 amide bonds. The molecule has 0 saturated carbocycles. The summed E-state index contributed by atoms with van der Waals surface area (Å²) < 4.78 is 17.6. The number of nitriles is 1. The summed E-state index contributed by atoms with van der Waals surface area (Å²) >= 11 is 0. The van der Waals surface area contributed by atoms with Gasteiger partial charge in [0.1, 0.15) is 18.2 Å². The second-order valence-corrected chi connectivity index (χ2v) is 7.51. The highest BCUT2D eigenvalue weighted by Crippen LogP contribution is 2.45. The van der Waals surface area contributed by atoms with Crippen molar-refractivity contribution in [3.05, 3.63) is 82.4 Å². The Bertz CT molecular complexity index is 1160. The number of aromatic nitrogens is 2. The van der Waals surface area contributed by atoms with Gasteiger partial charge in [0.05, 0.1) is 12.5 Å². The number of allylic oxidation sites excluding steroid dienone is 1. The molecule has 1 aromatic heterocycles. The van der Waals surface area contributed by atoms with Crippen molar-refractivity contribution < 1.29 is 14.2 Å². The van der Waals surface area contributed by atoms with E-state index >= 15 is 0 Å². The Morgan fingerprint density at radius 1 is 1.12 bits per heavy atom. The summed E-state index contributed by atoms with van der Waals surface area (Å²) in [7, 11) is 0. The molecule has 2 heterocycles. The number of fused-ring (bicyclic) bond motifs is 1. The van der Waals surface area contributed by atoms with Crippen LogP contribution in [0.15, 0.2) is 60.0 Å². The van der Waals surface area contributed by atoms with Crippen LogP contribution < -0.4 is 19.9 Å². The van der Waals surface area contributed by atoms with Crippen LogP contribution in [-0.2, 0) is 13.0 Å². The smallest absolute Gasteiger partial charge is 0.244 e. The van der Waals surface area contributed by atoms with Crippen LogP contribution >= 0.6 is 0 Å². The monoisotopic (exact) mass is 430 g/mol. The second-order valence-electron chi connectivity index (χ2n) is 7.51. The third-order valence-electron chi connectivity index (χ3n) is 5.36. The highest BCUT2D eigenvalue weighted by Gasteiger charge is 2.35. The molecule has 2 aromatic carbocycles. The number of ether oxygens (including phenoxy) is 3. The zero-order valence-corrected chi connectivity index (χ0v) is 18.2. The van der Waals surface area contributed by atoms with E-state index in [0.29, 0.717) is 36.2 Å². The first kappa shape index (κ1) is 21.3. The Kier molecular flexibility index (Phi) is 6.31. The maximum atomic E-state index is 9.86. The van der Waals surface area contributed by atoms with Gasteiger partial charge in [-0.3, -0.25) is 5.10 Å². The van der Waals surface area contributed by atoms with Gasteiger partial charge in [-0.25, -0.2) is 0 Å². The standard InChI is InChI=1S/C25H26N4O3/c1-3-8-19-23-22(18(14-26)24(27)32-25(23)29-28-19)17-11-12-20(21(13-17)30-4-2)31-15-16-9-6-5-7-10-16/h5-7,9-13,22H,3-4,8,15,27H2,1-2H3,(H,28,29)/t22-/m1/s1. The van der Waals surface area contributed by atoms with Crippen molar-refractivity contribution in [1.29, 1.82) is 5.26 Å². The van der Waals surface area contributed by atoms with Gasteiger partial charge < -0.3 is 19.9 Å². The Labute approximate surface area is 187 Å². The van der Waals surface area contributed by atoms with Crippen LogP contribution in [-0.4, -0.2) is 16.8 Å². The van der Waals surface area contributed by atoms with Gasteiger partial charge in [0.25, 0.3) is 0 Å². The molecule has 7 heteroatoms. The molecule has 32 heavy (non-hydrogen) atoms. The molecule has 4 rings (SSSR count). The molecule has 1 aliphatic rings. The van der Waals surface area contributed by atoms with Crippen molar-refractivity contribution in [2.75, 3.05) is 6.61 Å². The number of H-pyrrole nitrogens is 1. The lowest BCUT2D eigenvalue weighted by molar-refractivity contribution is 0.269. The van der Waals surface area contributed by atoms with E-state index in [1.165, 1.54) is 0 Å². The number of hydrogen-bond donors (Lipinski definition) is 2. The van der Waals surface area contributed by atoms with Crippen molar-refractivity contribution in [1.82, 2.24) is 10.2 Å². The molecule has 0 radical (unpaired) electrons. The van der Waals surface area contributed by atoms with Crippen LogP contribution in [0.3, 0.4) is 0 Å². The largest absolute Gasteiger partial charge is 0.490 e. The molecule has 1 aliphatic heterocycles. The number of nitrogens with two attached hydrogens (primary N) is 1. The van der Waals surface area contributed by atoms with Gasteiger partial charge in [-0.05, 0) is 36.6 Å². The minimum absolute atomic E-state index is 0.0712. The normalized spacial score (nSPS) is 15.0. The highest BCUT2D eigenvalue weighted by molar-refractivity contribution is 5.57. The second kappa shape index (κ2) is 9.48. The van der Waals surface area contributed by atoms with Gasteiger partial charge in [-0.2, -0.15) is 5.26 Å². The zero-order valence-electron chi connectivity index (χ0n) is 18.2. The molecular weight excluding hydrogens is 404 g/mol. The Balaban J connectivity index is 1.73. The number of hydrogen-bond acceptors (Lipinski definition) is 6. The van der Waals surface area contributed by atoms with E-state index in [2.05, 4.69) is 23.2 Å². The first-order valence-corrected chi connectivity index (χ1v) is 10.7. The van der Waals surface area contributed by atoms with E-state index in [-0.39, 0.29) is 5.88 Å². The van der Waals surface area contributed by atoms with E-state index in [1.54, 1.807) is 0 Å². The predicted molar refractivity (Wildman–Crippen MR) is 120 cm³/mol. The molecular formula is C25H26N4O3. The zero-order chi connectivity index (χ0) is 22.5. The maximum absolute atomic E-state index is 9.86. The summed E-state index contributed by atoms with van der Waals surface area (Å²) in [5, 5.41) is 17.2. The van der Waals surface area contributed by atoms with Crippen LogP contribution in [0, 0.1) is 11.3 Å². The Morgan fingerprint density at radius 2 is 1.94 bits per heavy atom. The fourth-order valence-electron chi connectivity index (χ4n) is 3.91. The summed E-state index contributed by atoms with van der Waals surface area (Å²) in [6.45, 7) is 4.93. The molecule has 3 aromatic rings. The van der Waals surface area contributed by atoms with Crippen LogP contribution in [0.5, 0.6) is 17.4 Å². The lowest BCUT2D eigenvalue weighted by atomic mass is 9.83. The molecule has 7 nitrogen and oxygen atoms in total. The average Bonchev–Trinajstić information content (AvgIpc) is 3.20. The van der Waals surface area contributed by atoms with Gasteiger partial charge in [-0.15, -0.1) is 5.10 Å². The van der Waals surface area contributed by atoms with Crippen LogP contribution in [0.4, 0.5) is 0 Å². The predicted octanol–water partition coefficient (Wildman–Crippen LogP) is 4.56. The van der Waals surface area contributed by atoms with Gasteiger partial charge in [-0.1, -0.05) is 49.7 Å². The summed E-state index contributed by atoms with van der Waals surface area (Å²) in [5.41, 5.74) is 10.2. The Hall–Kier alpha value is -3.92. The maximum Gasteiger partial charge on any atom is 0.244 e. The summed E-state index contributed by atoms with van der Waals surface area (Å²) in [4.78, 5) is 0. The number of nitrogens with zero attached hydrogens (tertiary/aromatic N) is 2. The average molecular weight is 431 g/mol. The first-order valence-electron chi connectivity index (χ1n) is 10.7. The SMILES string of the molecule is CCCc1[nH]nc2c1[C@H](c1ccc(OCc3ccccc3)c(OCC)c1)C(C#N)=C(N)O2. The minimum atomic E-state index is -0.397. The van der Waals surface area contributed by atoms with Crippen molar-refractivity contribution in [2.24, 2.45) is 5.73 Å². The van der Waals surface area contributed by atoms with Crippen LogP contribution in [0.1, 0.15) is 48.6 Å². The highest BCUT2D eigenvalue weighted by atomic mass is 16.5. The van der Waals surface area contributed by atoms with E-state index in [1.807, 2.05) is 55.5 Å². The van der Waals surface area contributed by atoms with E-state index in [0.717, 1.165) is 35.2 Å². The van der Waals surface area contributed by atoms with Crippen molar-refractivity contribution >= 4 is 0 Å². The molecule has 164 valence electrons. The van der Waals surface area contributed by atoms with Crippen molar-refractivity contribution in [3.8, 4) is 23.4 Å². The van der Waals surface area contributed by atoms with Gasteiger partial charge in [0.2, 0.25) is 11.8 Å². The molecule has 3 N–H and O–H groups in total. The topological polar surface area (TPSA) is 106 Å². The fourth-order valence-corrected chi connectivity index (χ4v) is 3.91. The van der Waals surface area contributed by atoms with Crippen molar-refractivity contribution in [3.63, 3.8) is 0 Å². The van der Waals surface area contributed by atoms with Crippen LogP contribution in [0.25, 0.3) is 0 Å². The molecule has 0 fully saturated rings. The quantitative estimate of drug-likeness (QED) is 0.543. The third kappa shape index (κ3) is 4.12. The van der Waals surface area contributed by atoms with E-state index in [9.17, 15) is 5.26 Å². The lowest BCUT2D eigenvalue weighted by Crippen LogP contribution is -2.21. The summed E-state index contributed by atoms with van der Waals surface area (Å²) in [6, 6.07) is 17.9. The lowest BCUT2D eigenvalue weighted by Gasteiger charge is -2.25. The molecule has 0 bridgehead atoms. The summed E-state index contributed by atoms with van der Waals surface area (Å²) in [5.74, 6) is 1.35. The molecule has 0 unspecified atom stereocenters. The van der Waals surface area contributed by atoms with E-state index < -0.39 is 5.92 Å². The molecule has 0 spiro atoms. The number of aryl methyl sites for hydroxylation is 1. The molecule has 1 atom stereocenters. The fraction of sp³-hybridized carbons (Fsp3) is 0.280. The number of rotatable bonds is 8. The number of benzene rings is 2. The Morgan fingerprint density at radius 3 is 2.66 bits per heavy atom. The molecule has 0 aliphatic carbocycles. The number of nitrogens with one attached hydrogen (secondary N) is 1. The third-order valence-corrected chi connectivity index (χ3v) is 5.36. The minimum Gasteiger partial charge on any atom is -0.490 e. The first-order chi connectivity index (χ1) is 15.7. The van der Waals surface area contributed by atoms with Gasteiger partial charge in [0, 0.05) is 11.3 Å². The van der Waals surface area contributed by atoms with Crippen LogP contribution in [0.2, 0.25) is 0 Å². The summed E-state index contributed by atoms with van der Waals surface area (Å²) in [6.07, 6.45) is 1.72. The van der Waals surface area contributed by atoms with Crippen molar-refractivity contribution in [2.45, 2.75) is 39.2 Å². The van der Waals surface area contributed by atoms with Gasteiger partial charge in [0.15, 0.2) is 11.5 Å². The number of aromatic amines is 1.